The van der Waals surface area contributed by atoms with Gasteiger partial charge < -0.3 is 9.84 Å². The first kappa shape index (κ1) is 13.7. The minimum absolute atomic E-state index is 0.169. The molecule has 0 aliphatic carbocycles. The molecular weight excluding hydrogens is 238 g/mol. The maximum atomic E-state index is 10.9. The quantitative estimate of drug-likeness (QED) is 0.493. The van der Waals surface area contributed by atoms with E-state index < -0.39 is 10.9 Å². The van der Waals surface area contributed by atoms with Gasteiger partial charge in [-0.2, -0.15) is 0 Å². The maximum absolute atomic E-state index is 10.9. The molecule has 0 heterocycles. The summed E-state index contributed by atoms with van der Waals surface area (Å²) in [7, 11) is 0. The van der Waals surface area contributed by atoms with E-state index in [2.05, 4.69) is 0 Å². The first-order chi connectivity index (χ1) is 8.40. The molecule has 1 rings (SSSR count). The summed E-state index contributed by atoms with van der Waals surface area (Å²) in [6, 6.07) is 4.29. The first-order valence-electron chi connectivity index (χ1n) is 5.26. The molecule has 6 heteroatoms. The number of nitrogens with zero attached hydrogens (tertiary/aromatic N) is 1. The minimum Gasteiger partial charge on any atom is -0.484 e. The van der Waals surface area contributed by atoms with Crippen LogP contribution in [-0.4, -0.2) is 22.1 Å². The van der Waals surface area contributed by atoms with Crippen molar-refractivity contribution in [1.29, 1.82) is 0 Å². The van der Waals surface area contributed by atoms with Gasteiger partial charge in [0.2, 0.25) is 0 Å². The summed E-state index contributed by atoms with van der Waals surface area (Å²) < 4.78 is 5.31. The van der Waals surface area contributed by atoms with E-state index in [-0.39, 0.29) is 17.5 Å². The van der Waals surface area contributed by atoms with Gasteiger partial charge in [0.15, 0.2) is 5.75 Å². The van der Waals surface area contributed by atoms with Gasteiger partial charge in [0.25, 0.3) is 0 Å². The van der Waals surface area contributed by atoms with E-state index in [1.807, 2.05) is 0 Å². The van der Waals surface area contributed by atoms with Crippen LogP contribution in [0.3, 0.4) is 0 Å². The molecule has 0 bridgehead atoms. The molecule has 1 N–H and O–H groups in total. The Morgan fingerprint density at radius 3 is 2.67 bits per heavy atom. The van der Waals surface area contributed by atoms with Crippen LogP contribution in [0.15, 0.2) is 24.3 Å². The SMILES string of the molecule is CC(C)Oc1ccc(/C=C\C(=O)O)cc1[N+](=O)[O-]. The van der Waals surface area contributed by atoms with Crippen molar-refractivity contribution in [1.82, 2.24) is 0 Å². The Kier molecular flexibility index (Phi) is 4.42. The summed E-state index contributed by atoms with van der Waals surface area (Å²) in [5.74, 6) is -0.942. The normalized spacial score (nSPS) is 10.8. The number of carboxylic acids is 1. The number of carbonyl (C=O) groups is 1. The number of nitro groups is 1. The standard InChI is InChI=1S/C12H13NO5/c1-8(2)18-11-5-3-9(4-6-12(14)15)7-10(11)13(16)17/h3-8H,1-2H3,(H,14,15)/b6-4-. The molecule has 96 valence electrons. The third-order valence-electron chi connectivity index (χ3n) is 1.96. The summed E-state index contributed by atoms with van der Waals surface area (Å²) in [6.45, 7) is 3.53. The molecule has 0 unspecified atom stereocenters. The van der Waals surface area contributed by atoms with Crippen molar-refractivity contribution in [3.05, 3.63) is 40.0 Å². The molecule has 0 spiro atoms. The zero-order valence-electron chi connectivity index (χ0n) is 9.99. The van der Waals surface area contributed by atoms with Gasteiger partial charge in [-0.25, -0.2) is 4.79 Å². The fourth-order valence-corrected chi connectivity index (χ4v) is 1.30. The van der Waals surface area contributed by atoms with Gasteiger partial charge in [0.1, 0.15) is 0 Å². The average Bonchev–Trinajstić information content (AvgIpc) is 2.26. The van der Waals surface area contributed by atoms with Crippen LogP contribution in [0.5, 0.6) is 5.75 Å². The number of rotatable bonds is 5. The molecule has 0 aliphatic rings. The molecule has 1 aromatic rings. The molecule has 0 saturated carbocycles. The third kappa shape index (κ3) is 3.89. The zero-order valence-corrected chi connectivity index (χ0v) is 9.99. The number of hydrogen-bond donors (Lipinski definition) is 1. The molecule has 0 atom stereocenters. The fraction of sp³-hybridized carbons (Fsp3) is 0.250. The minimum atomic E-state index is -1.11. The first-order valence-corrected chi connectivity index (χ1v) is 5.26. The van der Waals surface area contributed by atoms with E-state index in [4.69, 9.17) is 9.84 Å². The molecule has 1 aromatic carbocycles. The summed E-state index contributed by atoms with van der Waals surface area (Å²) in [4.78, 5) is 20.7. The predicted octanol–water partition coefficient (Wildman–Crippen LogP) is 2.48. The summed E-state index contributed by atoms with van der Waals surface area (Å²) in [5.41, 5.74) is 0.247. The van der Waals surface area contributed by atoms with Gasteiger partial charge in [-0.3, -0.25) is 10.1 Å². The highest BCUT2D eigenvalue weighted by Gasteiger charge is 2.16. The third-order valence-corrected chi connectivity index (χ3v) is 1.96. The highest BCUT2D eigenvalue weighted by atomic mass is 16.6. The zero-order chi connectivity index (χ0) is 13.7. The van der Waals surface area contributed by atoms with Gasteiger partial charge in [-0.05, 0) is 31.6 Å². The lowest BCUT2D eigenvalue weighted by Gasteiger charge is -2.09. The van der Waals surface area contributed by atoms with Crippen LogP contribution in [0.4, 0.5) is 5.69 Å². The highest BCUT2D eigenvalue weighted by molar-refractivity contribution is 5.85. The van der Waals surface area contributed by atoms with E-state index in [1.165, 1.54) is 18.2 Å². The Labute approximate surface area is 104 Å². The van der Waals surface area contributed by atoms with E-state index in [9.17, 15) is 14.9 Å². The molecule has 18 heavy (non-hydrogen) atoms. The molecule has 6 nitrogen and oxygen atoms in total. The summed E-state index contributed by atoms with van der Waals surface area (Å²) in [5, 5.41) is 19.4. The number of benzene rings is 1. The lowest BCUT2D eigenvalue weighted by molar-refractivity contribution is -0.386. The van der Waals surface area contributed by atoms with E-state index in [0.717, 1.165) is 6.08 Å². The Morgan fingerprint density at radius 2 is 2.17 bits per heavy atom. The van der Waals surface area contributed by atoms with Gasteiger partial charge in [-0.1, -0.05) is 6.07 Å². The molecular formula is C12H13NO5. The van der Waals surface area contributed by atoms with Crippen LogP contribution >= 0.6 is 0 Å². The average molecular weight is 251 g/mol. The second kappa shape index (κ2) is 5.81. The Morgan fingerprint density at radius 1 is 1.50 bits per heavy atom. The van der Waals surface area contributed by atoms with Crippen molar-refractivity contribution in [2.75, 3.05) is 0 Å². The summed E-state index contributed by atoms with van der Waals surface area (Å²) >= 11 is 0. The second-order valence-corrected chi connectivity index (χ2v) is 3.82. The van der Waals surface area contributed by atoms with Crippen LogP contribution in [-0.2, 0) is 4.79 Å². The van der Waals surface area contributed by atoms with Crippen molar-refractivity contribution in [3.8, 4) is 5.75 Å². The van der Waals surface area contributed by atoms with Gasteiger partial charge in [0.05, 0.1) is 11.0 Å². The number of hydrogen-bond acceptors (Lipinski definition) is 4. The highest BCUT2D eigenvalue weighted by Crippen LogP contribution is 2.29. The fourth-order valence-electron chi connectivity index (χ4n) is 1.30. The maximum Gasteiger partial charge on any atom is 0.328 e. The van der Waals surface area contributed by atoms with Crippen LogP contribution in [0.1, 0.15) is 19.4 Å². The number of aliphatic carboxylic acids is 1. The van der Waals surface area contributed by atoms with E-state index >= 15 is 0 Å². The van der Waals surface area contributed by atoms with Crippen molar-refractivity contribution < 1.29 is 19.6 Å². The predicted molar refractivity (Wildman–Crippen MR) is 65.5 cm³/mol. The van der Waals surface area contributed by atoms with Crippen molar-refractivity contribution in [2.24, 2.45) is 0 Å². The summed E-state index contributed by atoms with van der Waals surface area (Å²) in [6.07, 6.45) is 2.03. The van der Waals surface area contributed by atoms with Crippen LogP contribution in [0.2, 0.25) is 0 Å². The Bertz CT molecular complexity index is 493. The Hall–Kier alpha value is -2.37. The smallest absolute Gasteiger partial charge is 0.328 e. The van der Waals surface area contributed by atoms with Crippen LogP contribution < -0.4 is 4.74 Å². The topological polar surface area (TPSA) is 89.7 Å². The number of nitro benzene ring substituents is 1. The molecule has 0 aromatic heterocycles. The van der Waals surface area contributed by atoms with E-state index in [0.29, 0.717) is 5.56 Å². The van der Waals surface area contributed by atoms with Crippen LogP contribution in [0, 0.1) is 10.1 Å². The molecule has 0 fully saturated rings. The van der Waals surface area contributed by atoms with Gasteiger partial charge >= 0.3 is 11.7 Å². The van der Waals surface area contributed by atoms with Crippen molar-refractivity contribution in [2.45, 2.75) is 20.0 Å². The van der Waals surface area contributed by atoms with Gasteiger partial charge in [0, 0.05) is 12.1 Å². The lowest BCUT2D eigenvalue weighted by atomic mass is 10.1. The molecule has 0 aliphatic heterocycles. The molecule has 0 radical (unpaired) electrons. The Balaban J connectivity index is 3.10. The lowest BCUT2D eigenvalue weighted by Crippen LogP contribution is -2.07. The largest absolute Gasteiger partial charge is 0.484 e. The molecule has 0 amide bonds. The second-order valence-electron chi connectivity index (χ2n) is 3.82. The van der Waals surface area contributed by atoms with Gasteiger partial charge in [-0.15, -0.1) is 0 Å². The van der Waals surface area contributed by atoms with Crippen LogP contribution in [0.25, 0.3) is 6.08 Å². The van der Waals surface area contributed by atoms with Crippen molar-refractivity contribution in [3.63, 3.8) is 0 Å². The monoisotopic (exact) mass is 251 g/mol. The van der Waals surface area contributed by atoms with Crippen molar-refractivity contribution >= 4 is 17.7 Å². The number of ether oxygens (including phenoxy) is 1. The number of carboxylic acid groups (broad SMARTS) is 1. The van der Waals surface area contributed by atoms with E-state index in [1.54, 1.807) is 19.9 Å². The molecule has 0 saturated heterocycles.